The molecule has 0 bridgehead atoms. The number of nitrogens with one attached hydrogen (secondary N) is 2. The van der Waals surface area contributed by atoms with E-state index in [0.29, 0.717) is 12.2 Å². The van der Waals surface area contributed by atoms with E-state index < -0.39 is 10.0 Å². The van der Waals surface area contributed by atoms with Crippen LogP contribution in [0.3, 0.4) is 0 Å². The first kappa shape index (κ1) is 15.3. The van der Waals surface area contributed by atoms with Gasteiger partial charge in [-0.1, -0.05) is 25.5 Å². The molecule has 2 unspecified atom stereocenters. The fraction of sp³-hybridized carbons (Fsp3) is 0.571. The van der Waals surface area contributed by atoms with Crippen LogP contribution in [0.25, 0.3) is 0 Å². The molecule has 1 aromatic rings. The Bertz CT molecular complexity index is 545. The smallest absolute Gasteiger partial charge is 0.242 e. The molecule has 6 heteroatoms. The molecule has 0 saturated heterocycles. The van der Waals surface area contributed by atoms with Crippen molar-refractivity contribution in [2.24, 2.45) is 5.92 Å². The zero-order chi connectivity index (χ0) is 14.6. The highest BCUT2D eigenvalue weighted by atomic mass is 32.2. The van der Waals surface area contributed by atoms with Gasteiger partial charge in [-0.15, -0.1) is 0 Å². The Morgan fingerprint density at radius 2 is 2.05 bits per heavy atom. The minimum atomic E-state index is -3.48. The summed E-state index contributed by atoms with van der Waals surface area (Å²) in [7, 11) is -3.48. The predicted molar refractivity (Wildman–Crippen MR) is 79.1 cm³/mol. The molecule has 0 radical (unpaired) electrons. The molecule has 1 aliphatic carbocycles. The van der Waals surface area contributed by atoms with Gasteiger partial charge in [-0.05, 0) is 25.0 Å². The van der Waals surface area contributed by atoms with Crippen LogP contribution in [0.1, 0.15) is 26.2 Å². The molecule has 1 aliphatic rings. The molecule has 3 N–H and O–H groups in total. The summed E-state index contributed by atoms with van der Waals surface area (Å²) < 4.78 is 26.9. The second-order valence-corrected chi connectivity index (χ2v) is 6.86. The average molecular weight is 298 g/mol. The lowest BCUT2D eigenvalue weighted by atomic mass is 10.0. The molecule has 2 atom stereocenters. The highest BCUT2D eigenvalue weighted by Crippen LogP contribution is 2.30. The summed E-state index contributed by atoms with van der Waals surface area (Å²) in [6.45, 7) is 2.26. The Kier molecular flexibility index (Phi) is 5.01. The van der Waals surface area contributed by atoms with E-state index in [1.807, 2.05) is 6.07 Å². The Morgan fingerprint density at radius 3 is 2.75 bits per heavy atom. The molecule has 112 valence electrons. The number of sulfonamides is 1. The van der Waals surface area contributed by atoms with Crippen LogP contribution in [0, 0.1) is 5.92 Å². The molecule has 20 heavy (non-hydrogen) atoms. The Labute approximate surface area is 120 Å². The molecule has 2 rings (SSSR count). The Hall–Kier alpha value is -1.11. The van der Waals surface area contributed by atoms with E-state index in [2.05, 4.69) is 10.0 Å². The van der Waals surface area contributed by atoms with E-state index in [1.165, 1.54) is 0 Å². The molecule has 0 aliphatic heterocycles. The lowest BCUT2D eigenvalue weighted by molar-refractivity contribution is 0.222. The monoisotopic (exact) mass is 298 g/mol. The summed E-state index contributed by atoms with van der Waals surface area (Å²) in [5.41, 5.74) is 0.610. The third kappa shape index (κ3) is 3.31. The van der Waals surface area contributed by atoms with Crippen molar-refractivity contribution in [1.82, 2.24) is 4.72 Å². The summed E-state index contributed by atoms with van der Waals surface area (Å²) in [6, 6.07) is 7.04. The molecule has 5 nitrogen and oxygen atoms in total. The molecule has 1 fully saturated rings. The number of benzene rings is 1. The highest BCUT2D eigenvalue weighted by molar-refractivity contribution is 7.89. The number of hydrogen-bond donors (Lipinski definition) is 3. The average Bonchev–Trinajstić information content (AvgIpc) is 2.86. The lowest BCUT2D eigenvalue weighted by Crippen LogP contribution is -2.29. The van der Waals surface area contributed by atoms with Crippen molar-refractivity contribution in [3.63, 3.8) is 0 Å². The first-order chi connectivity index (χ1) is 9.58. The normalized spacial score (nSPS) is 22.9. The minimum absolute atomic E-state index is 0.137. The Balaban J connectivity index is 2.24. The van der Waals surface area contributed by atoms with Gasteiger partial charge in [0.25, 0.3) is 0 Å². The van der Waals surface area contributed by atoms with Gasteiger partial charge in [0.1, 0.15) is 4.90 Å². The van der Waals surface area contributed by atoms with Gasteiger partial charge in [0, 0.05) is 25.1 Å². The van der Waals surface area contributed by atoms with E-state index in [-0.39, 0.29) is 23.5 Å². The molecular weight excluding hydrogens is 276 g/mol. The maximum Gasteiger partial charge on any atom is 0.242 e. The second-order valence-electron chi connectivity index (χ2n) is 5.12. The van der Waals surface area contributed by atoms with Crippen molar-refractivity contribution < 1.29 is 13.5 Å². The van der Waals surface area contributed by atoms with Crippen molar-refractivity contribution in [2.45, 2.75) is 37.1 Å². The van der Waals surface area contributed by atoms with Crippen LogP contribution in [0.4, 0.5) is 5.69 Å². The lowest BCUT2D eigenvalue weighted by Gasteiger charge is -2.22. The van der Waals surface area contributed by atoms with E-state index in [1.54, 1.807) is 25.1 Å². The minimum Gasteiger partial charge on any atom is -0.396 e. The first-order valence-electron chi connectivity index (χ1n) is 7.04. The summed E-state index contributed by atoms with van der Waals surface area (Å²) in [5.74, 6) is 0.199. The maximum atomic E-state index is 12.2. The largest absolute Gasteiger partial charge is 0.396 e. The van der Waals surface area contributed by atoms with Crippen LogP contribution in [0.2, 0.25) is 0 Å². The molecule has 0 heterocycles. The van der Waals surface area contributed by atoms with Gasteiger partial charge in [0.2, 0.25) is 10.0 Å². The van der Waals surface area contributed by atoms with Crippen molar-refractivity contribution in [2.75, 3.05) is 18.5 Å². The number of rotatable bonds is 6. The van der Waals surface area contributed by atoms with Crippen LogP contribution in [-0.4, -0.2) is 32.7 Å². The van der Waals surface area contributed by atoms with Gasteiger partial charge < -0.3 is 10.4 Å². The molecule has 0 aromatic heterocycles. The number of anilines is 1. The number of aliphatic hydroxyl groups excluding tert-OH is 1. The van der Waals surface area contributed by atoms with Gasteiger partial charge >= 0.3 is 0 Å². The van der Waals surface area contributed by atoms with Crippen LogP contribution < -0.4 is 10.0 Å². The van der Waals surface area contributed by atoms with E-state index >= 15 is 0 Å². The van der Waals surface area contributed by atoms with E-state index in [4.69, 9.17) is 0 Å². The summed E-state index contributed by atoms with van der Waals surface area (Å²) in [5, 5.41) is 12.7. The second kappa shape index (κ2) is 6.56. The number of aliphatic hydroxyl groups is 1. The number of hydrogen-bond acceptors (Lipinski definition) is 4. The van der Waals surface area contributed by atoms with Gasteiger partial charge in [-0.2, -0.15) is 0 Å². The summed E-state index contributed by atoms with van der Waals surface area (Å²) in [4.78, 5) is 0.269. The third-order valence-electron chi connectivity index (χ3n) is 3.75. The molecule has 1 saturated carbocycles. The van der Waals surface area contributed by atoms with Gasteiger partial charge in [0.15, 0.2) is 0 Å². The summed E-state index contributed by atoms with van der Waals surface area (Å²) in [6.07, 6.45) is 3.00. The van der Waals surface area contributed by atoms with Crippen molar-refractivity contribution >= 4 is 15.7 Å². The fourth-order valence-electron chi connectivity index (χ4n) is 2.73. The van der Waals surface area contributed by atoms with Crippen LogP contribution >= 0.6 is 0 Å². The van der Waals surface area contributed by atoms with Crippen molar-refractivity contribution in [3.05, 3.63) is 24.3 Å². The first-order valence-corrected chi connectivity index (χ1v) is 8.53. The maximum absolute atomic E-state index is 12.2. The van der Waals surface area contributed by atoms with E-state index in [9.17, 15) is 13.5 Å². The molecular formula is C14H22N2O3S. The van der Waals surface area contributed by atoms with Gasteiger partial charge in [0.05, 0.1) is 5.69 Å². The SMILES string of the molecule is CCNS(=O)(=O)c1ccccc1NC1CCCC1CO. The van der Waals surface area contributed by atoms with Gasteiger partial charge in [-0.3, -0.25) is 0 Å². The fourth-order valence-corrected chi connectivity index (χ4v) is 3.94. The van der Waals surface area contributed by atoms with Gasteiger partial charge in [-0.25, -0.2) is 13.1 Å². The zero-order valence-electron chi connectivity index (χ0n) is 11.7. The molecule has 0 spiro atoms. The predicted octanol–water partition coefficient (Wildman–Crippen LogP) is 1.56. The van der Waals surface area contributed by atoms with Crippen molar-refractivity contribution in [1.29, 1.82) is 0 Å². The standard InChI is InChI=1S/C14H22N2O3S/c1-2-15-20(18,19)14-9-4-3-7-13(14)16-12-8-5-6-11(12)10-17/h3-4,7,9,11-12,15-17H,2,5-6,8,10H2,1H3. The molecule has 1 aromatic carbocycles. The van der Waals surface area contributed by atoms with Crippen LogP contribution in [0.5, 0.6) is 0 Å². The quantitative estimate of drug-likeness (QED) is 0.745. The summed E-state index contributed by atoms with van der Waals surface area (Å²) >= 11 is 0. The topological polar surface area (TPSA) is 78.4 Å². The highest BCUT2D eigenvalue weighted by Gasteiger charge is 2.28. The Morgan fingerprint density at radius 1 is 1.30 bits per heavy atom. The number of para-hydroxylation sites is 1. The van der Waals surface area contributed by atoms with Crippen LogP contribution in [-0.2, 0) is 10.0 Å². The third-order valence-corrected chi connectivity index (χ3v) is 5.35. The molecule has 0 amide bonds. The van der Waals surface area contributed by atoms with Crippen LogP contribution in [0.15, 0.2) is 29.2 Å². The van der Waals surface area contributed by atoms with E-state index in [0.717, 1.165) is 19.3 Å². The zero-order valence-corrected chi connectivity index (χ0v) is 12.5. The van der Waals surface area contributed by atoms with Crippen molar-refractivity contribution in [3.8, 4) is 0 Å².